The average molecular weight is 118 g/mol. The number of carbonyl (C=O) groups excluding carboxylic acids is 1. The second-order valence-electron chi connectivity index (χ2n) is 1.26. The van der Waals surface area contributed by atoms with Crippen molar-refractivity contribution in [1.82, 2.24) is 0 Å². The van der Waals surface area contributed by atoms with Crippen LogP contribution in [0, 0.1) is 6.92 Å². The molecule has 0 rings (SSSR count). The Morgan fingerprint density at radius 2 is 2.43 bits per heavy atom. The normalized spacial score (nSPS) is 13.6. The fraction of sp³-hybridized carbons (Fsp3) is 0.500. The molecule has 1 unspecified atom stereocenters. The third-order valence-electron chi connectivity index (χ3n) is 0.610. The summed E-state index contributed by atoms with van der Waals surface area (Å²) < 4.78 is 0. The SMILES string of the molecule is [CH2]C(=O)C(N)CS. The van der Waals surface area contributed by atoms with Crippen molar-refractivity contribution in [2.24, 2.45) is 5.73 Å². The summed E-state index contributed by atoms with van der Waals surface area (Å²) in [5.74, 6) is 0.123. The highest BCUT2D eigenvalue weighted by Gasteiger charge is 2.02. The van der Waals surface area contributed by atoms with E-state index in [9.17, 15) is 4.79 Å². The lowest BCUT2D eigenvalue weighted by molar-refractivity contribution is -0.115. The molecule has 0 aliphatic rings. The zero-order valence-corrected chi connectivity index (χ0v) is 4.82. The van der Waals surface area contributed by atoms with E-state index in [1.165, 1.54) is 0 Å². The number of nitrogens with two attached hydrogens (primary N) is 1. The number of Topliss-reactive ketones (excluding diaryl/α,β-unsaturated/α-hetero) is 1. The Labute approximate surface area is 48.5 Å². The molecule has 0 bridgehead atoms. The summed E-state index contributed by atoms with van der Waals surface area (Å²) in [7, 11) is 0. The summed E-state index contributed by atoms with van der Waals surface area (Å²) in [6.45, 7) is 3.10. The summed E-state index contributed by atoms with van der Waals surface area (Å²) in [5, 5.41) is 0. The molecule has 0 amide bonds. The van der Waals surface area contributed by atoms with Gasteiger partial charge in [0.25, 0.3) is 0 Å². The number of hydrogen-bond acceptors (Lipinski definition) is 3. The third-order valence-corrected chi connectivity index (χ3v) is 1.00. The van der Waals surface area contributed by atoms with Gasteiger partial charge in [-0.25, -0.2) is 0 Å². The quantitative estimate of drug-likeness (QED) is 0.486. The van der Waals surface area contributed by atoms with Crippen LogP contribution in [-0.4, -0.2) is 17.6 Å². The van der Waals surface area contributed by atoms with Crippen molar-refractivity contribution in [1.29, 1.82) is 0 Å². The molecule has 41 valence electrons. The number of thiol groups is 1. The Hall–Kier alpha value is -0.0200. The zero-order chi connectivity index (χ0) is 5.86. The van der Waals surface area contributed by atoms with E-state index in [1.54, 1.807) is 0 Å². The minimum absolute atomic E-state index is 0.255. The van der Waals surface area contributed by atoms with Gasteiger partial charge in [-0.05, 0) is 0 Å². The van der Waals surface area contributed by atoms with Gasteiger partial charge in [-0.3, -0.25) is 4.79 Å². The van der Waals surface area contributed by atoms with Crippen molar-refractivity contribution >= 4 is 18.4 Å². The van der Waals surface area contributed by atoms with Crippen molar-refractivity contribution in [2.45, 2.75) is 6.04 Å². The van der Waals surface area contributed by atoms with Gasteiger partial charge < -0.3 is 5.73 Å². The van der Waals surface area contributed by atoms with E-state index in [-0.39, 0.29) is 5.78 Å². The molecular weight excluding hydrogens is 110 g/mol. The summed E-state index contributed by atoms with van der Waals surface area (Å²) in [4.78, 5) is 10.1. The second kappa shape index (κ2) is 3.04. The zero-order valence-electron chi connectivity index (χ0n) is 3.92. The highest BCUT2D eigenvalue weighted by atomic mass is 32.1. The number of carbonyl (C=O) groups is 1. The van der Waals surface area contributed by atoms with Crippen LogP contribution in [0.3, 0.4) is 0 Å². The van der Waals surface area contributed by atoms with Gasteiger partial charge in [-0.1, -0.05) is 0 Å². The molecule has 3 heteroatoms. The maximum absolute atomic E-state index is 10.1. The van der Waals surface area contributed by atoms with Crippen LogP contribution in [0.1, 0.15) is 0 Å². The Morgan fingerprint density at radius 1 is 2.00 bits per heavy atom. The third kappa shape index (κ3) is 2.65. The van der Waals surface area contributed by atoms with Crippen LogP contribution in [0.4, 0.5) is 0 Å². The van der Waals surface area contributed by atoms with Crippen LogP contribution in [-0.2, 0) is 4.79 Å². The number of rotatable bonds is 2. The van der Waals surface area contributed by atoms with E-state index in [0.717, 1.165) is 0 Å². The molecule has 0 aromatic carbocycles. The van der Waals surface area contributed by atoms with Crippen LogP contribution in [0.2, 0.25) is 0 Å². The van der Waals surface area contributed by atoms with Crippen molar-refractivity contribution in [2.75, 3.05) is 5.75 Å². The smallest absolute Gasteiger partial charge is 0.150 e. The predicted molar refractivity (Wildman–Crippen MR) is 32.2 cm³/mol. The maximum Gasteiger partial charge on any atom is 0.150 e. The summed E-state index contributed by atoms with van der Waals surface area (Å²) in [6.07, 6.45) is 0. The molecule has 0 saturated carbocycles. The lowest BCUT2D eigenvalue weighted by Crippen LogP contribution is -2.29. The average Bonchev–Trinajstić information content (AvgIpc) is 1.65. The number of ketones is 1. The van der Waals surface area contributed by atoms with E-state index in [0.29, 0.717) is 5.75 Å². The molecule has 0 spiro atoms. The lowest BCUT2D eigenvalue weighted by atomic mass is 10.3. The van der Waals surface area contributed by atoms with Gasteiger partial charge in [0.2, 0.25) is 0 Å². The standard InChI is InChI=1S/C4H8NOS/c1-3(6)4(5)2-7/h4,7H,1-2,5H2. The van der Waals surface area contributed by atoms with E-state index in [4.69, 9.17) is 5.73 Å². The summed E-state index contributed by atoms with van der Waals surface area (Å²) in [5.41, 5.74) is 5.13. The lowest BCUT2D eigenvalue weighted by Gasteiger charge is -1.98. The Morgan fingerprint density at radius 3 is 2.43 bits per heavy atom. The summed E-state index contributed by atoms with van der Waals surface area (Å²) >= 11 is 3.77. The number of hydrogen-bond donors (Lipinski definition) is 2. The molecule has 0 aliphatic carbocycles. The van der Waals surface area contributed by atoms with Crippen LogP contribution in [0.25, 0.3) is 0 Å². The fourth-order valence-electron chi connectivity index (χ4n) is 0.102. The molecule has 0 heterocycles. The monoisotopic (exact) mass is 118 g/mol. The van der Waals surface area contributed by atoms with E-state index < -0.39 is 6.04 Å². The van der Waals surface area contributed by atoms with Gasteiger partial charge >= 0.3 is 0 Å². The van der Waals surface area contributed by atoms with Gasteiger partial charge in [-0.15, -0.1) is 0 Å². The van der Waals surface area contributed by atoms with E-state index in [1.807, 2.05) is 0 Å². The molecular formula is C4H8NOS. The molecule has 0 fully saturated rings. The van der Waals surface area contributed by atoms with Crippen molar-refractivity contribution < 1.29 is 4.79 Å². The molecule has 0 aliphatic heterocycles. The minimum atomic E-state index is -0.483. The molecule has 2 N–H and O–H groups in total. The predicted octanol–water partition coefficient (Wildman–Crippen LogP) is -0.353. The largest absolute Gasteiger partial charge is 0.321 e. The van der Waals surface area contributed by atoms with Crippen LogP contribution in [0.15, 0.2) is 0 Å². The van der Waals surface area contributed by atoms with Gasteiger partial charge in [-0.2, -0.15) is 12.6 Å². The topological polar surface area (TPSA) is 43.1 Å². The second-order valence-corrected chi connectivity index (χ2v) is 1.62. The Bertz CT molecular complexity index is 74.1. The van der Waals surface area contributed by atoms with E-state index >= 15 is 0 Å². The van der Waals surface area contributed by atoms with Crippen molar-refractivity contribution in [3.8, 4) is 0 Å². The first-order valence-corrected chi connectivity index (χ1v) is 2.54. The van der Waals surface area contributed by atoms with Gasteiger partial charge in [0.1, 0.15) is 0 Å². The van der Waals surface area contributed by atoms with Gasteiger partial charge in [0.05, 0.1) is 6.04 Å². The molecule has 1 atom stereocenters. The molecule has 7 heavy (non-hydrogen) atoms. The molecule has 2 nitrogen and oxygen atoms in total. The highest BCUT2D eigenvalue weighted by Crippen LogP contribution is 1.81. The first-order chi connectivity index (χ1) is 3.18. The molecule has 0 saturated heterocycles. The Kier molecular flexibility index (Phi) is 3.04. The molecule has 1 radical (unpaired) electrons. The molecule has 0 aromatic rings. The van der Waals surface area contributed by atoms with Gasteiger partial charge in [0.15, 0.2) is 5.78 Å². The Balaban J connectivity index is 3.34. The van der Waals surface area contributed by atoms with Crippen LogP contribution < -0.4 is 5.73 Å². The van der Waals surface area contributed by atoms with Gasteiger partial charge in [0, 0.05) is 12.7 Å². The maximum atomic E-state index is 10.1. The van der Waals surface area contributed by atoms with Crippen molar-refractivity contribution in [3.05, 3.63) is 6.92 Å². The first kappa shape index (κ1) is 6.98. The highest BCUT2D eigenvalue weighted by molar-refractivity contribution is 7.80. The van der Waals surface area contributed by atoms with Crippen LogP contribution in [0.5, 0.6) is 0 Å². The van der Waals surface area contributed by atoms with E-state index in [2.05, 4.69) is 19.6 Å². The first-order valence-electron chi connectivity index (χ1n) is 1.90. The minimum Gasteiger partial charge on any atom is -0.321 e. The fourth-order valence-corrected chi connectivity index (χ4v) is 0.305. The molecule has 0 aromatic heterocycles. The van der Waals surface area contributed by atoms with Crippen LogP contribution >= 0.6 is 12.6 Å². The summed E-state index contributed by atoms with van der Waals surface area (Å²) in [6, 6.07) is -0.483. The van der Waals surface area contributed by atoms with Crippen molar-refractivity contribution in [3.63, 3.8) is 0 Å².